The maximum Gasteiger partial charge on any atom is 0.255 e. The number of methoxy groups -OCH3 is 2. The number of nitrogens with one attached hydrogen (secondary N) is 2. The molecule has 1 aliphatic rings. The normalized spacial score (nSPS) is 16.3. The van der Waals surface area contributed by atoms with E-state index in [9.17, 15) is 9.18 Å². The number of amides is 1. The summed E-state index contributed by atoms with van der Waals surface area (Å²) in [6.07, 6.45) is 0. The van der Waals surface area contributed by atoms with Crippen LogP contribution in [0.15, 0.2) is 59.8 Å². The summed E-state index contributed by atoms with van der Waals surface area (Å²) >= 11 is 5.52. The Balaban J connectivity index is 2.03. The van der Waals surface area contributed by atoms with Crippen molar-refractivity contribution in [2.45, 2.75) is 13.0 Å². The van der Waals surface area contributed by atoms with Crippen molar-refractivity contribution in [1.29, 1.82) is 0 Å². The summed E-state index contributed by atoms with van der Waals surface area (Å²) in [5, 5.41) is 6.54. The first kappa shape index (κ1) is 21.7. The molecule has 0 aliphatic carbocycles. The molecular formula is C22H24FN3O3S. The second kappa shape index (κ2) is 9.69. The summed E-state index contributed by atoms with van der Waals surface area (Å²) in [7, 11) is 3.14. The number of thiocarbonyl (C=S) groups is 1. The van der Waals surface area contributed by atoms with Crippen LogP contribution in [0.3, 0.4) is 0 Å². The second-order valence-electron chi connectivity index (χ2n) is 6.74. The molecule has 2 aromatic carbocycles. The molecule has 8 heteroatoms. The van der Waals surface area contributed by atoms with E-state index in [1.807, 2.05) is 24.0 Å². The van der Waals surface area contributed by atoms with Crippen LogP contribution in [-0.4, -0.2) is 43.3 Å². The molecule has 2 N–H and O–H groups in total. The van der Waals surface area contributed by atoms with E-state index in [4.69, 9.17) is 21.7 Å². The van der Waals surface area contributed by atoms with Crippen molar-refractivity contribution in [2.75, 3.05) is 32.7 Å². The molecule has 1 atom stereocenters. The Labute approximate surface area is 180 Å². The Bertz CT molecular complexity index is 980. The molecule has 1 aliphatic heterocycles. The molecule has 1 heterocycles. The van der Waals surface area contributed by atoms with Crippen LogP contribution in [0.5, 0.6) is 5.75 Å². The average Bonchev–Trinajstić information content (AvgIpc) is 2.73. The lowest BCUT2D eigenvalue weighted by Gasteiger charge is -2.37. The third-order valence-corrected chi connectivity index (χ3v) is 5.24. The van der Waals surface area contributed by atoms with Crippen molar-refractivity contribution >= 4 is 28.9 Å². The van der Waals surface area contributed by atoms with Gasteiger partial charge in [-0.25, -0.2) is 4.39 Å². The van der Waals surface area contributed by atoms with Gasteiger partial charge in [-0.3, -0.25) is 4.79 Å². The van der Waals surface area contributed by atoms with Gasteiger partial charge in [-0.2, -0.15) is 0 Å². The number of anilines is 1. The molecule has 0 spiro atoms. The van der Waals surface area contributed by atoms with Gasteiger partial charge >= 0.3 is 0 Å². The smallest absolute Gasteiger partial charge is 0.255 e. The lowest BCUT2D eigenvalue weighted by atomic mass is 9.94. The predicted octanol–water partition coefficient (Wildman–Crippen LogP) is 3.62. The molecular weight excluding hydrogens is 405 g/mol. The Morgan fingerprint density at radius 3 is 2.70 bits per heavy atom. The van der Waals surface area contributed by atoms with Crippen LogP contribution in [0.4, 0.5) is 10.1 Å². The zero-order chi connectivity index (χ0) is 21.7. The van der Waals surface area contributed by atoms with Gasteiger partial charge in [0, 0.05) is 19.4 Å². The highest BCUT2D eigenvalue weighted by Crippen LogP contribution is 2.33. The van der Waals surface area contributed by atoms with Crippen LogP contribution in [-0.2, 0) is 9.53 Å². The van der Waals surface area contributed by atoms with E-state index in [-0.39, 0.29) is 11.7 Å². The van der Waals surface area contributed by atoms with E-state index < -0.39 is 6.04 Å². The number of rotatable bonds is 7. The summed E-state index contributed by atoms with van der Waals surface area (Å²) in [6.45, 7) is 2.74. The monoisotopic (exact) mass is 429 g/mol. The minimum absolute atomic E-state index is 0.330. The molecule has 1 amide bonds. The maximum absolute atomic E-state index is 13.9. The summed E-state index contributed by atoms with van der Waals surface area (Å²) in [6, 6.07) is 12.7. The van der Waals surface area contributed by atoms with Crippen molar-refractivity contribution in [3.63, 3.8) is 0 Å². The quantitative estimate of drug-likeness (QED) is 0.656. The van der Waals surface area contributed by atoms with Gasteiger partial charge in [0.1, 0.15) is 11.6 Å². The first-order valence-corrected chi connectivity index (χ1v) is 9.84. The third-order valence-electron chi connectivity index (χ3n) is 4.90. The zero-order valence-corrected chi connectivity index (χ0v) is 17.9. The molecule has 0 fully saturated rings. The van der Waals surface area contributed by atoms with Gasteiger partial charge in [-0.1, -0.05) is 24.3 Å². The lowest BCUT2D eigenvalue weighted by molar-refractivity contribution is -0.113. The Morgan fingerprint density at radius 2 is 2.00 bits per heavy atom. The highest BCUT2D eigenvalue weighted by molar-refractivity contribution is 7.80. The van der Waals surface area contributed by atoms with Crippen LogP contribution in [0.2, 0.25) is 0 Å². The second-order valence-corrected chi connectivity index (χ2v) is 7.12. The van der Waals surface area contributed by atoms with E-state index in [0.717, 1.165) is 0 Å². The summed E-state index contributed by atoms with van der Waals surface area (Å²) < 4.78 is 24.4. The average molecular weight is 430 g/mol. The van der Waals surface area contributed by atoms with E-state index in [0.29, 0.717) is 46.5 Å². The summed E-state index contributed by atoms with van der Waals surface area (Å²) in [5.74, 6) is -0.171. The SMILES string of the molecule is COCCN1C(=S)NC(c2cccc(F)c2)C(C(=O)Nc2ccccc2OC)=C1C. The number of carbonyl (C=O) groups excluding carboxylic acids is 1. The fourth-order valence-electron chi connectivity index (χ4n) is 3.40. The van der Waals surface area contributed by atoms with Crippen LogP contribution < -0.4 is 15.4 Å². The molecule has 1 unspecified atom stereocenters. The molecule has 0 bridgehead atoms. The van der Waals surface area contributed by atoms with Crippen molar-refractivity contribution in [3.8, 4) is 5.75 Å². The van der Waals surface area contributed by atoms with Crippen molar-refractivity contribution < 1.29 is 18.7 Å². The van der Waals surface area contributed by atoms with Gasteiger partial charge in [-0.15, -0.1) is 0 Å². The maximum atomic E-state index is 13.9. The fourth-order valence-corrected chi connectivity index (χ4v) is 3.75. The number of ether oxygens (including phenoxy) is 2. The molecule has 6 nitrogen and oxygen atoms in total. The Hall–Kier alpha value is -2.97. The Kier molecular flexibility index (Phi) is 7.02. The largest absolute Gasteiger partial charge is 0.495 e. The molecule has 3 rings (SSSR count). The van der Waals surface area contributed by atoms with Gasteiger partial charge in [0.25, 0.3) is 5.91 Å². The molecule has 0 aromatic heterocycles. The molecule has 0 radical (unpaired) electrons. The van der Waals surface area contributed by atoms with Gasteiger partial charge in [0.05, 0.1) is 31.0 Å². The standard InChI is InChI=1S/C22H24FN3O3S/c1-14-19(21(27)24-17-9-4-5-10-18(17)29-3)20(15-7-6-8-16(23)13-15)25-22(30)26(14)11-12-28-2/h4-10,13,20H,11-12H2,1-3H3,(H,24,27)(H,25,30). The fraction of sp³-hybridized carbons (Fsp3) is 0.273. The topological polar surface area (TPSA) is 62.8 Å². The number of hydrogen-bond acceptors (Lipinski definition) is 4. The van der Waals surface area contributed by atoms with Crippen molar-refractivity contribution in [1.82, 2.24) is 10.2 Å². The number of carbonyl (C=O) groups is 1. The summed E-state index contributed by atoms with van der Waals surface area (Å²) in [4.78, 5) is 15.2. The number of benzene rings is 2. The van der Waals surface area contributed by atoms with Gasteiger partial charge < -0.3 is 25.0 Å². The predicted molar refractivity (Wildman–Crippen MR) is 118 cm³/mol. The molecule has 0 saturated carbocycles. The molecule has 158 valence electrons. The van der Waals surface area contributed by atoms with Crippen molar-refractivity contribution in [3.05, 3.63) is 71.2 Å². The van der Waals surface area contributed by atoms with E-state index in [2.05, 4.69) is 10.6 Å². The molecule has 30 heavy (non-hydrogen) atoms. The zero-order valence-electron chi connectivity index (χ0n) is 17.1. The third kappa shape index (κ3) is 4.60. The molecule has 2 aromatic rings. The highest BCUT2D eigenvalue weighted by atomic mass is 32.1. The van der Waals surface area contributed by atoms with Crippen LogP contribution in [0, 0.1) is 5.82 Å². The first-order chi connectivity index (χ1) is 14.5. The number of hydrogen-bond donors (Lipinski definition) is 2. The summed E-state index contributed by atoms with van der Waals surface area (Å²) in [5.41, 5.74) is 2.27. The lowest BCUT2D eigenvalue weighted by Crippen LogP contribution is -2.49. The number of halogens is 1. The minimum atomic E-state index is -0.596. The minimum Gasteiger partial charge on any atom is -0.495 e. The van der Waals surface area contributed by atoms with E-state index in [1.54, 1.807) is 31.4 Å². The first-order valence-electron chi connectivity index (χ1n) is 9.43. The van der Waals surface area contributed by atoms with Gasteiger partial charge in [0.15, 0.2) is 5.11 Å². The van der Waals surface area contributed by atoms with Crippen molar-refractivity contribution in [2.24, 2.45) is 0 Å². The van der Waals surface area contributed by atoms with E-state index in [1.165, 1.54) is 19.2 Å². The van der Waals surface area contributed by atoms with Crippen LogP contribution in [0.25, 0.3) is 0 Å². The highest BCUT2D eigenvalue weighted by Gasteiger charge is 2.34. The van der Waals surface area contributed by atoms with Gasteiger partial charge in [0.2, 0.25) is 0 Å². The number of allylic oxidation sites excluding steroid dienone is 1. The van der Waals surface area contributed by atoms with Gasteiger partial charge in [-0.05, 0) is 49.0 Å². The van der Waals surface area contributed by atoms with Crippen LogP contribution in [0.1, 0.15) is 18.5 Å². The van der Waals surface area contributed by atoms with E-state index >= 15 is 0 Å². The number of nitrogens with zero attached hydrogens (tertiary/aromatic N) is 1. The Morgan fingerprint density at radius 1 is 1.23 bits per heavy atom. The van der Waals surface area contributed by atoms with Crippen LogP contribution >= 0.6 is 12.2 Å². The number of para-hydroxylation sites is 2. The molecule has 0 saturated heterocycles.